The lowest BCUT2D eigenvalue weighted by Gasteiger charge is -2.19. The first-order valence-electron chi connectivity index (χ1n) is 5.92. The zero-order valence-corrected chi connectivity index (χ0v) is 12.1. The monoisotopic (exact) mass is 264 g/mol. The molecule has 1 unspecified atom stereocenters. The Morgan fingerprint density at radius 2 is 1.78 bits per heavy atom. The van der Waals surface area contributed by atoms with Crippen LogP contribution in [0.5, 0.6) is 0 Å². The van der Waals surface area contributed by atoms with E-state index in [1.807, 2.05) is 24.3 Å². The minimum absolute atomic E-state index is 0.106. The van der Waals surface area contributed by atoms with Gasteiger partial charge >= 0.3 is 0 Å². The highest BCUT2D eigenvalue weighted by Crippen LogP contribution is 2.23. The molecule has 0 radical (unpaired) electrons. The number of hydrogen-bond acceptors (Lipinski definition) is 2. The van der Waals surface area contributed by atoms with Crippen LogP contribution in [0.25, 0.3) is 0 Å². The first kappa shape index (κ1) is 14.6. The summed E-state index contributed by atoms with van der Waals surface area (Å²) in [6, 6.07) is 7.82. The molecule has 3 nitrogen and oxygen atoms in total. The quantitative estimate of drug-likeness (QED) is 0.825. The van der Waals surface area contributed by atoms with Gasteiger partial charge in [0.15, 0.2) is 0 Å². The maximum Gasteiger partial charge on any atom is 0.234 e. The summed E-state index contributed by atoms with van der Waals surface area (Å²) in [5.74, 6) is -0.631. The summed E-state index contributed by atoms with van der Waals surface area (Å²) in [6.07, 6.45) is 0. The molecular formula is C14H20N2OS. The fourth-order valence-corrected chi connectivity index (χ4v) is 1.54. The number of hydrogen-bond donors (Lipinski definition) is 2. The van der Waals surface area contributed by atoms with Gasteiger partial charge in [-0.3, -0.25) is 4.79 Å². The molecule has 1 amide bonds. The van der Waals surface area contributed by atoms with Crippen molar-refractivity contribution in [2.24, 2.45) is 11.7 Å². The lowest BCUT2D eigenvalue weighted by Crippen LogP contribution is -2.30. The maximum absolute atomic E-state index is 11.8. The van der Waals surface area contributed by atoms with Gasteiger partial charge in [-0.25, -0.2) is 0 Å². The molecule has 4 heteroatoms. The second-order valence-corrected chi connectivity index (χ2v) is 5.91. The SMILES string of the molecule is CC(C(=O)Nc1ccc(C(C)(C)C)cc1)C(N)=S. The Morgan fingerprint density at radius 1 is 1.28 bits per heavy atom. The molecule has 0 saturated carbocycles. The van der Waals surface area contributed by atoms with Gasteiger partial charge < -0.3 is 11.1 Å². The fraction of sp³-hybridized carbons (Fsp3) is 0.429. The predicted octanol–water partition coefficient (Wildman–Crippen LogP) is 2.84. The van der Waals surface area contributed by atoms with Crippen LogP contribution < -0.4 is 11.1 Å². The van der Waals surface area contributed by atoms with Crippen molar-refractivity contribution in [2.45, 2.75) is 33.1 Å². The van der Waals surface area contributed by atoms with E-state index in [0.29, 0.717) is 0 Å². The Morgan fingerprint density at radius 3 is 2.17 bits per heavy atom. The molecule has 1 aromatic carbocycles. The molecule has 0 spiro atoms. The number of nitrogens with one attached hydrogen (secondary N) is 1. The zero-order valence-electron chi connectivity index (χ0n) is 11.3. The number of carbonyl (C=O) groups is 1. The molecule has 18 heavy (non-hydrogen) atoms. The third-order valence-electron chi connectivity index (χ3n) is 2.84. The molecule has 0 aromatic heterocycles. The topological polar surface area (TPSA) is 55.1 Å². The minimum atomic E-state index is -0.456. The molecular weight excluding hydrogens is 244 g/mol. The molecule has 0 saturated heterocycles. The molecule has 98 valence electrons. The van der Waals surface area contributed by atoms with E-state index in [9.17, 15) is 4.79 Å². The van der Waals surface area contributed by atoms with Crippen molar-refractivity contribution in [2.75, 3.05) is 5.32 Å². The van der Waals surface area contributed by atoms with Crippen LogP contribution in [0.4, 0.5) is 5.69 Å². The van der Waals surface area contributed by atoms with E-state index in [0.717, 1.165) is 5.69 Å². The molecule has 0 heterocycles. The first-order valence-corrected chi connectivity index (χ1v) is 6.33. The average Bonchev–Trinajstić information content (AvgIpc) is 2.27. The largest absolute Gasteiger partial charge is 0.393 e. The van der Waals surface area contributed by atoms with Crippen LogP contribution in [0.1, 0.15) is 33.3 Å². The Labute approximate surface area is 114 Å². The van der Waals surface area contributed by atoms with E-state index in [2.05, 4.69) is 26.1 Å². The number of carbonyl (C=O) groups excluding carboxylic acids is 1. The summed E-state index contributed by atoms with van der Waals surface area (Å²) >= 11 is 4.80. The molecule has 0 aliphatic heterocycles. The highest BCUT2D eigenvalue weighted by atomic mass is 32.1. The summed E-state index contributed by atoms with van der Waals surface area (Å²) in [5.41, 5.74) is 7.53. The first-order chi connectivity index (χ1) is 8.21. The predicted molar refractivity (Wildman–Crippen MR) is 79.7 cm³/mol. The second kappa shape index (κ2) is 5.48. The average molecular weight is 264 g/mol. The summed E-state index contributed by atoms with van der Waals surface area (Å²) < 4.78 is 0. The standard InChI is InChI=1S/C14H20N2OS/c1-9(12(15)18)13(17)16-11-7-5-10(6-8-11)14(2,3)4/h5-9H,1-4H3,(H2,15,18)(H,16,17). The highest BCUT2D eigenvalue weighted by molar-refractivity contribution is 7.80. The van der Waals surface area contributed by atoms with Crippen molar-refractivity contribution in [3.8, 4) is 0 Å². The molecule has 0 fully saturated rings. The molecule has 0 aliphatic rings. The highest BCUT2D eigenvalue weighted by Gasteiger charge is 2.16. The maximum atomic E-state index is 11.8. The number of thiocarbonyl (C=S) groups is 1. The molecule has 3 N–H and O–H groups in total. The van der Waals surface area contributed by atoms with E-state index >= 15 is 0 Å². The molecule has 0 aliphatic carbocycles. The number of anilines is 1. The van der Waals surface area contributed by atoms with Crippen molar-refractivity contribution < 1.29 is 4.79 Å². The van der Waals surface area contributed by atoms with Crippen molar-refractivity contribution in [3.05, 3.63) is 29.8 Å². The fourth-order valence-electron chi connectivity index (χ4n) is 1.43. The van der Waals surface area contributed by atoms with Crippen LogP contribution >= 0.6 is 12.2 Å². The van der Waals surface area contributed by atoms with Crippen LogP contribution in [-0.4, -0.2) is 10.9 Å². The molecule has 0 bridgehead atoms. The zero-order chi connectivity index (χ0) is 13.9. The van der Waals surface area contributed by atoms with Crippen LogP contribution in [-0.2, 0) is 10.2 Å². The van der Waals surface area contributed by atoms with Gasteiger partial charge in [0.2, 0.25) is 5.91 Å². The van der Waals surface area contributed by atoms with Crippen LogP contribution in [0, 0.1) is 5.92 Å². The van der Waals surface area contributed by atoms with Gasteiger partial charge in [0.25, 0.3) is 0 Å². The van der Waals surface area contributed by atoms with Gasteiger partial charge in [-0.15, -0.1) is 0 Å². The Hall–Kier alpha value is -1.42. The van der Waals surface area contributed by atoms with E-state index in [4.69, 9.17) is 18.0 Å². The lowest BCUT2D eigenvalue weighted by atomic mass is 9.87. The van der Waals surface area contributed by atoms with E-state index < -0.39 is 5.92 Å². The van der Waals surface area contributed by atoms with Gasteiger partial charge in [-0.05, 0) is 30.0 Å². The van der Waals surface area contributed by atoms with Crippen molar-refractivity contribution in [3.63, 3.8) is 0 Å². The normalized spacial score (nSPS) is 12.9. The second-order valence-electron chi connectivity index (χ2n) is 5.44. The number of amides is 1. The van der Waals surface area contributed by atoms with Crippen LogP contribution in [0.15, 0.2) is 24.3 Å². The lowest BCUT2D eigenvalue weighted by molar-refractivity contribution is -0.117. The third-order valence-corrected chi connectivity index (χ3v) is 3.19. The molecule has 1 rings (SSSR count). The number of benzene rings is 1. The van der Waals surface area contributed by atoms with Crippen molar-refractivity contribution in [1.82, 2.24) is 0 Å². The Bertz CT molecular complexity index is 446. The van der Waals surface area contributed by atoms with Gasteiger partial charge in [0.1, 0.15) is 0 Å². The summed E-state index contributed by atoms with van der Waals surface area (Å²) in [5, 5.41) is 2.80. The Balaban J connectivity index is 2.76. The van der Waals surface area contributed by atoms with E-state index in [1.165, 1.54) is 5.56 Å². The van der Waals surface area contributed by atoms with E-state index in [1.54, 1.807) is 6.92 Å². The smallest absolute Gasteiger partial charge is 0.234 e. The number of rotatable bonds is 3. The third kappa shape index (κ3) is 3.81. The van der Waals surface area contributed by atoms with E-state index in [-0.39, 0.29) is 16.3 Å². The molecule has 1 atom stereocenters. The van der Waals surface area contributed by atoms with Crippen LogP contribution in [0.2, 0.25) is 0 Å². The summed E-state index contributed by atoms with van der Waals surface area (Å²) in [7, 11) is 0. The van der Waals surface area contributed by atoms with Gasteiger partial charge in [-0.1, -0.05) is 45.1 Å². The van der Waals surface area contributed by atoms with Crippen LogP contribution in [0.3, 0.4) is 0 Å². The number of nitrogens with two attached hydrogens (primary N) is 1. The summed E-state index contributed by atoms with van der Waals surface area (Å²) in [6.45, 7) is 8.14. The minimum Gasteiger partial charge on any atom is -0.393 e. The van der Waals surface area contributed by atoms with Gasteiger partial charge in [-0.2, -0.15) is 0 Å². The van der Waals surface area contributed by atoms with Crippen molar-refractivity contribution in [1.29, 1.82) is 0 Å². The van der Waals surface area contributed by atoms with Crippen molar-refractivity contribution >= 4 is 28.8 Å². The summed E-state index contributed by atoms with van der Waals surface area (Å²) in [4.78, 5) is 12.0. The Kier molecular flexibility index (Phi) is 4.46. The van der Waals surface area contributed by atoms with Gasteiger partial charge in [0.05, 0.1) is 10.9 Å². The van der Waals surface area contributed by atoms with Gasteiger partial charge in [0, 0.05) is 5.69 Å². The molecule has 1 aromatic rings.